The molecule has 0 saturated carbocycles. The number of nitrogens with zero attached hydrogens (tertiary/aromatic N) is 1. The van der Waals surface area contributed by atoms with Crippen LogP contribution >= 0.6 is 0 Å². The molecule has 0 spiro atoms. The Bertz CT molecular complexity index is 249. The highest BCUT2D eigenvalue weighted by Gasteiger charge is 2.32. The lowest BCUT2D eigenvalue weighted by molar-refractivity contribution is -0.0646. The Labute approximate surface area is 96.3 Å². The number of aliphatic hydroxyl groups is 1. The highest BCUT2D eigenvalue weighted by molar-refractivity contribution is 5.68. The van der Waals surface area contributed by atoms with Crippen molar-refractivity contribution in [2.75, 3.05) is 20.2 Å². The molecule has 1 amide bonds. The fourth-order valence-electron chi connectivity index (χ4n) is 1.63. The van der Waals surface area contributed by atoms with E-state index in [0.717, 1.165) is 0 Å². The molecule has 1 heterocycles. The van der Waals surface area contributed by atoms with E-state index in [4.69, 9.17) is 9.47 Å². The van der Waals surface area contributed by atoms with E-state index in [1.807, 2.05) is 20.8 Å². The highest BCUT2D eigenvalue weighted by atomic mass is 16.6. The van der Waals surface area contributed by atoms with Gasteiger partial charge >= 0.3 is 6.09 Å². The van der Waals surface area contributed by atoms with Crippen molar-refractivity contribution in [2.45, 2.75) is 45.0 Å². The van der Waals surface area contributed by atoms with E-state index in [9.17, 15) is 9.90 Å². The molecular weight excluding hydrogens is 210 g/mol. The van der Waals surface area contributed by atoms with Gasteiger partial charge in [-0.3, -0.25) is 0 Å². The van der Waals surface area contributed by atoms with Crippen LogP contribution in [0.1, 0.15) is 27.2 Å². The van der Waals surface area contributed by atoms with Crippen LogP contribution in [0.25, 0.3) is 0 Å². The molecule has 2 atom stereocenters. The summed E-state index contributed by atoms with van der Waals surface area (Å²) in [6.45, 7) is 6.38. The molecule has 16 heavy (non-hydrogen) atoms. The van der Waals surface area contributed by atoms with Crippen LogP contribution in [0.5, 0.6) is 0 Å². The van der Waals surface area contributed by atoms with Crippen LogP contribution in [0.15, 0.2) is 0 Å². The summed E-state index contributed by atoms with van der Waals surface area (Å²) in [7, 11) is 1.53. The van der Waals surface area contributed by atoms with Crippen molar-refractivity contribution in [3.8, 4) is 0 Å². The number of likely N-dealkylation sites (tertiary alicyclic amines) is 1. The zero-order chi connectivity index (χ0) is 12.3. The monoisotopic (exact) mass is 231 g/mol. The molecule has 0 radical (unpaired) electrons. The van der Waals surface area contributed by atoms with Crippen LogP contribution in [-0.4, -0.2) is 54.1 Å². The van der Waals surface area contributed by atoms with Crippen molar-refractivity contribution in [1.29, 1.82) is 0 Å². The SMILES string of the molecule is CO[C@@H]1CN(C(=O)OC(C)(C)C)CC[C@@H]1O. The maximum absolute atomic E-state index is 11.7. The van der Waals surface area contributed by atoms with Gasteiger partial charge in [0, 0.05) is 13.7 Å². The lowest BCUT2D eigenvalue weighted by Crippen LogP contribution is -2.50. The quantitative estimate of drug-likeness (QED) is 0.731. The van der Waals surface area contributed by atoms with Crippen LogP contribution in [0.2, 0.25) is 0 Å². The van der Waals surface area contributed by atoms with E-state index >= 15 is 0 Å². The minimum atomic E-state index is -0.497. The molecule has 1 aliphatic heterocycles. The first kappa shape index (κ1) is 13.3. The number of hydrogen-bond donors (Lipinski definition) is 1. The number of methoxy groups -OCH3 is 1. The van der Waals surface area contributed by atoms with Crippen LogP contribution in [-0.2, 0) is 9.47 Å². The van der Waals surface area contributed by atoms with Gasteiger partial charge in [-0.25, -0.2) is 4.79 Å². The van der Waals surface area contributed by atoms with Crippen molar-refractivity contribution >= 4 is 6.09 Å². The minimum absolute atomic E-state index is 0.318. The van der Waals surface area contributed by atoms with E-state index in [1.165, 1.54) is 7.11 Å². The van der Waals surface area contributed by atoms with Crippen molar-refractivity contribution in [2.24, 2.45) is 0 Å². The summed E-state index contributed by atoms with van der Waals surface area (Å²) in [5.41, 5.74) is -0.490. The van der Waals surface area contributed by atoms with Crippen LogP contribution < -0.4 is 0 Å². The van der Waals surface area contributed by atoms with Crippen LogP contribution in [0.4, 0.5) is 4.79 Å². The molecule has 0 aromatic carbocycles. The maximum atomic E-state index is 11.7. The number of piperidine rings is 1. The topological polar surface area (TPSA) is 59.0 Å². The number of amides is 1. The molecule has 0 bridgehead atoms. The summed E-state index contributed by atoms with van der Waals surface area (Å²) in [6, 6.07) is 0. The van der Waals surface area contributed by atoms with E-state index in [-0.39, 0.29) is 12.2 Å². The molecule has 94 valence electrons. The summed E-state index contributed by atoms with van der Waals surface area (Å²) >= 11 is 0. The Morgan fingerprint density at radius 1 is 1.44 bits per heavy atom. The number of carbonyl (C=O) groups excluding carboxylic acids is 1. The predicted molar refractivity (Wildman–Crippen MR) is 59.2 cm³/mol. The Hall–Kier alpha value is -0.810. The first-order valence-corrected chi connectivity index (χ1v) is 5.52. The zero-order valence-corrected chi connectivity index (χ0v) is 10.4. The smallest absolute Gasteiger partial charge is 0.410 e. The number of rotatable bonds is 1. The van der Waals surface area contributed by atoms with Gasteiger partial charge in [0.05, 0.1) is 12.6 Å². The maximum Gasteiger partial charge on any atom is 0.410 e. The van der Waals surface area contributed by atoms with E-state index in [2.05, 4.69) is 0 Å². The van der Waals surface area contributed by atoms with Gasteiger partial charge in [0.1, 0.15) is 11.7 Å². The second-order valence-electron chi connectivity index (χ2n) is 5.06. The Kier molecular flexibility index (Phi) is 4.15. The molecule has 1 aliphatic rings. The third-order valence-corrected chi connectivity index (χ3v) is 2.48. The normalized spacial score (nSPS) is 26.7. The third kappa shape index (κ3) is 3.64. The lowest BCUT2D eigenvalue weighted by atomic mass is 10.1. The molecule has 1 fully saturated rings. The van der Waals surface area contributed by atoms with Crippen molar-refractivity contribution in [1.82, 2.24) is 4.90 Å². The van der Waals surface area contributed by atoms with Gasteiger partial charge in [0.15, 0.2) is 0 Å². The van der Waals surface area contributed by atoms with Crippen LogP contribution in [0.3, 0.4) is 0 Å². The van der Waals surface area contributed by atoms with E-state index in [0.29, 0.717) is 19.5 Å². The molecule has 1 saturated heterocycles. The molecule has 1 N–H and O–H groups in total. The van der Waals surface area contributed by atoms with Gasteiger partial charge in [0.2, 0.25) is 0 Å². The molecule has 5 heteroatoms. The highest BCUT2D eigenvalue weighted by Crippen LogP contribution is 2.17. The van der Waals surface area contributed by atoms with E-state index < -0.39 is 11.7 Å². The third-order valence-electron chi connectivity index (χ3n) is 2.48. The number of ether oxygens (including phenoxy) is 2. The standard InChI is InChI=1S/C11H21NO4/c1-11(2,3)16-10(14)12-6-5-8(13)9(7-12)15-4/h8-9,13H,5-7H2,1-4H3/t8-,9+/m0/s1. The summed E-state index contributed by atoms with van der Waals surface area (Å²) < 4.78 is 10.4. The minimum Gasteiger partial charge on any atom is -0.444 e. The lowest BCUT2D eigenvalue weighted by Gasteiger charge is -2.36. The Balaban J connectivity index is 2.52. The van der Waals surface area contributed by atoms with Crippen LogP contribution in [0, 0.1) is 0 Å². The van der Waals surface area contributed by atoms with Gasteiger partial charge < -0.3 is 19.5 Å². The summed E-state index contributed by atoms with van der Waals surface area (Å²) in [5, 5.41) is 9.60. The second-order valence-corrected chi connectivity index (χ2v) is 5.06. The largest absolute Gasteiger partial charge is 0.444 e. The van der Waals surface area contributed by atoms with Crippen molar-refractivity contribution in [3.63, 3.8) is 0 Å². The predicted octanol–water partition coefficient (Wildman–Crippen LogP) is 1.00. The van der Waals surface area contributed by atoms with Gasteiger partial charge in [0.25, 0.3) is 0 Å². The van der Waals surface area contributed by atoms with Gasteiger partial charge in [-0.05, 0) is 27.2 Å². The summed E-state index contributed by atoms with van der Waals surface area (Å²) in [5.74, 6) is 0. The number of hydrogen-bond acceptors (Lipinski definition) is 4. The molecule has 1 rings (SSSR count). The fourth-order valence-corrected chi connectivity index (χ4v) is 1.63. The zero-order valence-electron chi connectivity index (χ0n) is 10.4. The molecule has 0 aromatic heterocycles. The molecule has 5 nitrogen and oxygen atoms in total. The summed E-state index contributed by atoms with van der Waals surface area (Å²) in [4.78, 5) is 13.3. The molecule has 0 unspecified atom stereocenters. The average molecular weight is 231 g/mol. The molecular formula is C11H21NO4. The van der Waals surface area contributed by atoms with Crippen molar-refractivity contribution in [3.05, 3.63) is 0 Å². The Morgan fingerprint density at radius 3 is 2.56 bits per heavy atom. The molecule has 0 aliphatic carbocycles. The summed E-state index contributed by atoms with van der Waals surface area (Å²) in [6.07, 6.45) is -0.635. The van der Waals surface area contributed by atoms with E-state index in [1.54, 1.807) is 4.90 Å². The molecule has 0 aromatic rings. The first-order valence-electron chi connectivity index (χ1n) is 5.52. The Morgan fingerprint density at radius 2 is 2.06 bits per heavy atom. The van der Waals surface area contributed by atoms with Gasteiger partial charge in [-0.1, -0.05) is 0 Å². The average Bonchev–Trinajstić information content (AvgIpc) is 2.15. The second kappa shape index (κ2) is 5.01. The first-order chi connectivity index (χ1) is 7.33. The fraction of sp³-hybridized carbons (Fsp3) is 0.909. The number of aliphatic hydroxyl groups excluding tert-OH is 1. The number of carbonyl (C=O) groups is 1. The van der Waals surface area contributed by atoms with Crippen molar-refractivity contribution < 1.29 is 19.4 Å². The van der Waals surface area contributed by atoms with Gasteiger partial charge in [-0.15, -0.1) is 0 Å². The van der Waals surface area contributed by atoms with Gasteiger partial charge in [-0.2, -0.15) is 0 Å².